The third-order valence-electron chi connectivity index (χ3n) is 4.63. The molecule has 0 fully saturated rings. The Kier molecular flexibility index (Phi) is 5.01. The van der Waals surface area contributed by atoms with Crippen molar-refractivity contribution in [3.8, 4) is 6.07 Å². The van der Waals surface area contributed by atoms with Crippen molar-refractivity contribution in [3.63, 3.8) is 0 Å². The Hall–Kier alpha value is -2.44. The lowest BCUT2D eigenvalue weighted by Crippen LogP contribution is -2.29. The molecule has 0 saturated carbocycles. The molecule has 128 valence electrons. The maximum absolute atomic E-state index is 13.6. The Morgan fingerprint density at radius 2 is 2.16 bits per heavy atom. The van der Waals surface area contributed by atoms with Gasteiger partial charge in [0.05, 0.1) is 18.2 Å². The summed E-state index contributed by atoms with van der Waals surface area (Å²) in [7, 11) is 4.09. The fourth-order valence-electron chi connectivity index (χ4n) is 3.42. The molecule has 1 heterocycles. The van der Waals surface area contributed by atoms with Crippen LogP contribution in [0.5, 0.6) is 0 Å². The number of halogens is 1. The second-order valence-corrected chi connectivity index (χ2v) is 6.64. The maximum atomic E-state index is 13.6. The second kappa shape index (κ2) is 7.21. The second-order valence-electron chi connectivity index (χ2n) is 6.64. The van der Waals surface area contributed by atoms with E-state index in [1.54, 1.807) is 12.2 Å². The molecule has 0 bridgehead atoms. The van der Waals surface area contributed by atoms with Gasteiger partial charge in [0.1, 0.15) is 11.4 Å². The van der Waals surface area contributed by atoms with Crippen molar-refractivity contribution in [2.45, 2.75) is 25.0 Å². The van der Waals surface area contributed by atoms with Gasteiger partial charge in [0.15, 0.2) is 0 Å². The minimum atomic E-state index is -0.624. The van der Waals surface area contributed by atoms with Crippen LogP contribution < -0.4 is 0 Å². The van der Waals surface area contributed by atoms with Crippen LogP contribution in [0.3, 0.4) is 0 Å². The summed E-state index contributed by atoms with van der Waals surface area (Å²) in [5.41, 5.74) is 5.87. The molecular weight excluding hydrogens is 315 g/mol. The Morgan fingerprint density at radius 1 is 1.32 bits per heavy atom. The van der Waals surface area contributed by atoms with Crippen LogP contribution in [0.25, 0.3) is 0 Å². The number of rotatable bonds is 5. The Morgan fingerprint density at radius 3 is 2.92 bits per heavy atom. The van der Waals surface area contributed by atoms with Crippen LogP contribution in [-0.2, 0) is 16.9 Å². The van der Waals surface area contributed by atoms with Gasteiger partial charge in [-0.05, 0) is 74.5 Å². The van der Waals surface area contributed by atoms with Crippen LogP contribution in [0, 0.1) is 11.3 Å². The number of hydrogen-bond acceptors (Lipinski definition) is 3. The summed E-state index contributed by atoms with van der Waals surface area (Å²) in [4.78, 5) is 2.14. The van der Waals surface area contributed by atoms with Crippen LogP contribution in [0.15, 0.2) is 59.6 Å². The Bertz CT molecular complexity index is 838. The minimum Gasteiger partial charge on any atom is -0.361 e. The average Bonchev–Trinajstić information content (AvgIpc) is 2.81. The summed E-state index contributed by atoms with van der Waals surface area (Å²) in [6.07, 6.45) is 8.06. The zero-order chi connectivity index (χ0) is 17.9. The lowest BCUT2D eigenvalue weighted by atomic mass is 9.81. The van der Waals surface area contributed by atoms with E-state index in [0.717, 1.165) is 36.1 Å². The van der Waals surface area contributed by atoms with Gasteiger partial charge in [-0.2, -0.15) is 5.26 Å². The van der Waals surface area contributed by atoms with Crippen molar-refractivity contribution in [1.29, 1.82) is 5.26 Å². The van der Waals surface area contributed by atoms with Gasteiger partial charge in [-0.1, -0.05) is 12.1 Å². The van der Waals surface area contributed by atoms with Crippen LogP contribution in [-0.4, -0.2) is 25.5 Å². The highest BCUT2D eigenvalue weighted by Crippen LogP contribution is 2.46. The van der Waals surface area contributed by atoms with Crippen molar-refractivity contribution in [2.75, 3.05) is 20.6 Å². The summed E-state index contributed by atoms with van der Waals surface area (Å²) in [5.74, 6) is -0.326. The molecule has 1 aliphatic heterocycles. The smallest absolute Gasteiger partial charge is 0.130 e. The highest BCUT2D eigenvalue weighted by atomic mass is 19.1. The van der Waals surface area contributed by atoms with Gasteiger partial charge >= 0.3 is 0 Å². The average molecular weight is 336 g/mol. The molecule has 1 aliphatic carbocycles. The van der Waals surface area contributed by atoms with Gasteiger partial charge in [-0.3, -0.25) is 0 Å². The topological polar surface area (TPSA) is 36.3 Å². The molecule has 1 aromatic carbocycles. The number of nitrogens with zero attached hydrogens (tertiary/aromatic N) is 2. The lowest BCUT2D eigenvalue weighted by molar-refractivity contribution is -0.0145. The first-order valence-corrected chi connectivity index (χ1v) is 8.38. The van der Waals surface area contributed by atoms with Gasteiger partial charge in [0.2, 0.25) is 0 Å². The van der Waals surface area contributed by atoms with Gasteiger partial charge in [-0.25, -0.2) is 4.39 Å². The first kappa shape index (κ1) is 17.4. The van der Waals surface area contributed by atoms with Gasteiger partial charge in [-0.15, -0.1) is 5.73 Å². The molecule has 0 N–H and O–H groups in total. The predicted molar refractivity (Wildman–Crippen MR) is 95.3 cm³/mol. The SMILES string of the molecule is CN(C)CCCC1(C2=CC=C(F)C=C=C2)OCc2cc(C#N)ccc21. The first-order valence-electron chi connectivity index (χ1n) is 8.38. The van der Waals surface area contributed by atoms with Crippen LogP contribution in [0.4, 0.5) is 4.39 Å². The molecule has 0 radical (unpaired) electrons. The van der Waals surface area contributed by atoms with E-state index in [0.29, 0.717) is 12.2 Å². The van der Waals surface area contributed by atoms with Gasteiger partial charge in [0, 0.05) is 6.08 Å². The number of nitriles is 1. The van der Waals surface area contributed by atoms with Gasteiger partial charge < -0.3 is 9.64 Å². The molecule has 2 aliphatic rings. The highest BCUT2D eigenvalue weighted by Gasteiger charge is 2.42. The van der Waals surface area contributed by atoms with E-state index in [9.17, 15) is 4.39 Å². The van der Waals surface area contributed by atoms with E-state index in [1.165, 1.54) is 12.2 Å². The molecular formula is C21H21FN2O. The van der Waals surface area contributed by atoms with E-state index in [1.807, 2.05) is 32.3 Å². The Balaban J connectivity index is 2.04. The summed E-state index contributed by atoms with van der Waals surface area (Å²) in [6.45, 7) is 1.39. The molecule has 3 rings (SSSR count). The molecule has 0 aromatic heterocycles. The molecule has 1 unspecified atom stereocenters. The third kappa shape index (κ3) is 3.50. The predicted octanol–water partition coefficient (Wildman–Crippen LogP) is 4.13. The summed E-state index contributed by atoms with van der Waals surface area (Å²) in [6, 6.07) is 7.85. The fraction of sp³-hybridized carbons (Fsp3) is 0.333. The monoisotopic (exact) mass is 336 g/mol. The van der Waals surface area contributed by atoms with Crippen LogP contribution in [0.1, 0.15) is 29.5 Å². The summed E-state index contributed by atoms with van der Waals surface area (Å²) in [5, 5.41) is 9.14. The van der Waals surface area contributed by atoms with E-state index in [-0.39, 0.29) is 5.83 Å². The Labute approximate surface area is 148 Å². The zero-order valence-electron chi connectivity index (χ0n) is 14.6. The third-order valence-corrected chi connectivity index (χ3v) is 4.63. The molecule has 0 spiro atoms. The molecule has 0 saturated heterocycles. The van der Waals surface area contributed by atoms with Gasteiger partial charge in [0.25, 0.3) is 0 Å². The highest BCUT2D eigenvalue weighted by molar-refractivity contribution is 5.50. The largest absolute Gasteiger partial charge is 0.361 e. The van der Waals surface area contributed by atoms with E-state index in [2.05, 4.69) is 16.7 Å². The molecule has 1 atom stereocenters. The normalized spacial score (nSPS) is 21.6. The standard InChI is InChI=1S/C21H21FN2O/c1-24(2)12-4-11-21(18-5-3-6-19(22)9-8-18)20-10-7-16(14-23)13-17(20)15-25-21/h5-10,13H,4,11-12,15H2,1-2H3. The summed E-state index contributed by atoms with van der Waals surface area (Å²) < 4.78 is 19.9. The van der Waals surface area contributed by atoms with E-state index >= 15 is 0 Å². The minimum absolute atomic E-state index is 0.326. The summed E-state index contributed by atoms with van der Waals surface area (Å²) >= 11 is 0. The van der Waals surface area contributed by atoms with Crippen LogP contribution >= 0.6 is 0 Å². The van der Waals surface area contributed by atoms with Crippen molar-refractivity contribution >= 4 is 0 Å². The fourth-order valence-corrected chi connectivity index (χ4v) is 3.42. The van der Waals surface area contributed by atoms with Crippen LogP contribution in [0.2, 0.25) is 0 Å². The number of hydrogen-bond donors (Lipinski definition) is 0. The maximum Gasteiger partial charge on any atom is 0.130 e. The molecule has 25 heavy (non-hydrogen) atoms. The number of benzene rings is 1. The molecule has 3 nitrogen and oxygen atoms in total. The van der Waals surface area contributed by atoms with Crippen molar-refractivity contribution in [1.82, 2.24) is 4.90 Å². The number of allylic oxidation sites excluding steroid dienone is 3. The first-order chi connectivity index (χ1) is 12.0. The number of fused-ring (bicyclic) bond motifs is 1. The van der Waals surface area contributed by atoms with Crippen molar-refractivity contribution in [2.24, 2.45) is 0 Å². The van der Waals surface area contributed by atoms with Crippen molar-refractivity contribution in [3.05, 3.63) is 76.3 Å². The molecule has 0 amide bonds. The lowest BCUT2D eigenvalue weighted by Gasteiger charge is -2.31. The quantitative estimate of drug-likeness (QED) is 0.759. The van der Waals surface area contributed by atoms with E-state index < -0.39 is 5.60 Å². The zero-order valence-corrected chi connectivity index (χ0v) is 14.6. The molecule has 4 heteroatoms. The number of ether oxygens (including phenoxy) is 1. The van der Waals surface area contributed by atoms with Crippen molar-refractivity contribution < 1.29 is 9.13 Å². The van der Waals surface area contributed by atoms with E-state index in [4.69, 9.17) is 10.00 Å². The molecule has 1 aromatic rings.